The number of ether oxygens (including phenoxy) is 1. The van der Waals surface area contributed by atoms with Crippen molar-refractivity contribution in [2.75, 3.05) is 6.61 Å². The van der Waals surface area contributed by atoms with E-state index < -0.39 is 30.3 Å². The summed E-state index contributed by atoms with van der Waals surface area (Å²) < 4.78 is 41.9. The summed E-state index contributed by atoms with van der Waals surface area (Å²) >= 11 is 0. The largest absolute Gasteiger partial charge is 0.479 e. The van der Waals surface area contributed by atoms with E-state index in [1.165, 1.54) is 0 Å². The van der Waals surface area contributed by atoms with E-state index in [0.717, 1.165) is 0 Å². The molecule has 17 heavy (non-hydrogen) atoms. The quantitative estimate of drug-likeness (QED) is 0.877. The van der Waals surface area contributed by atoms with Crippen LogP contribution in [0.1, 0.15) is 18.4 Å². The lowest BCUT2D eigenvalue weighted by Gasteiger charge is -2.09. The van der Waals surface area contributed by atoms with Crippen LogP contribution >= 0.6 is 0 Å². The molecule has 0 fully saturated rings. The Hall–Kier alpha value is -1.86. The fourth-order valence-electron chi connectivity index (χ4n) is 0.986. The second-order valence-electron chi connectivity index (χ2n) is 3.04. The molecule has 0 atom stereocenters. The number of carboxylic acids is 1. The van der Waals surface area contributed by atoms with Crippen LogP contribution in [0.25, 0.3) is 0 Å². The molecule has 0 amide bonds. The fraction of sp³-hybridized carbons (Fsp3) is 0.444. The Morgan fingerprint density at radius 2 is 2.12 bits per heavy atom. The van der Waals surface area contributed by atoms with Crippen molar-refractivity contribution in [3.8, 4) is 5.88 Å². The van der Waals surface area contributed by atoms with Gasteiger partial charge in [-0.25, -0.2) is 9.78 Å². The van der Waals surface area contributed by atoms with Gasteiger partial charge in [0, 0.05) is 12.5 Å². The minimum atomic E-state index is -4.62. The smallest absolute Gasteiger partial charge is 0.433 e. The monoisotopic (exact) mass is 250 g/mol. The number of halogens is 3. The summed E-state index contributed by atoms with van der Waals surface area (Å²) in [7, 11) is 0. The normalized spacial score (nSPS) is 11.3. The lowest BCUT2D eigenvalue weighted by Crippen LogP contribution is -2.14. The van der Waals surface area contributed by atoms with Crippen LogP contribution in [0.15, 0.2) is 6.07 Å². The van der Waals surface area contributed by atoms with Gasteiger partial charge in [-0.2, -0.15) is 18.2 Å². The van der Waals surface area contributed by atoms with Gasteiger partial charge in [-0.15, -0.1) is 0 Å². The van der Waals surface area contributed by atoms with Crippen LogP contribution in [0, 0.1) is 0 Å². The third kappa shape index (κ3) is 3.89. The number of hydrogen-bond donors (Lipinski definition) is 1. The first kappa shape index (κ1) is 13.2. The maximum absolute atomic E-state index is 12.4. The van der Waals surface area contributed by atoms with Crippen LogP contribution < -0.4 is 4.74 Å². The Balaban J connectivity index is 3.01. The summed E-state index contributed by atoms with van der Waals surface area (Å²) in [6, 6.07) is 0.572. The first-order chi connectivity index (χ1) is 7.82. The van der Waals surface area contributed by atoms with Crippen molar-refractivity contribution in [2.24, 2.45) is 0 Å². The molecule has 0 unspecified atom stereocenters. The molecule has 1 aromatic rings. The minimum absolute atomic E-state index is 0.0554. The van der Waals surface area contributed by atoms with Gasteiger partial charge in [-0.05, 0) is 0 Å². The molecule has 0 saturated carbocycles. The van der Waals surface area contributed by atoms with E-state index in [4.69, 9.17) is 5.11 Å². The third-order valence-corrected chi connectivity index (χ3v) is 1.70. The number of aliphatic carboxylic acids is 1. The highest BCUT2D eigenvalue weighted by atomic mass is 19.4. The number of carboxylic acid groups (broad SMARTS) is 1. The van der Waals surface area contributed by atoms with Crippen LogP contribution in [0.5, 0.6) is 5.88 Å². The SMILES string of the molecule is CCc1nc(OCC(=O)O)cc(C(F)(F)F)n1. The van der Waals surface area contributed by atoms with E-state index in [1.54, 1.807) is 6.92 Å². The minimum Gasteiger partial charge on any atom is -0.479 e. The summed E-state index contributed by atoms with van der Waals surface area (Å²) in [5, 5.41) is 8.34. The van der Waals surface area contributed by atoms with Crippen LogP contribution in [0.4, 0.5) is 13.2 Å². The zero-order valence-corrected chi connectivity index (χ0v) is 8.78. The molecule has 1 heterocycles. The van der Waals surface area contributed by atoms with Gasteiger partial charge in [0.2, 0.25) is 5.88 Å². The zero-order chi connectivity index (χ0) is 13.1. The Morgan fingerprint density at radius 3 is 2.59 bits per heavy atom. The molecular formula is C9H9F3N2O3. The van der Waals surface area contributed by atoms with Gasteiger partial charge in [-0.1, -0.05) is 6.92 Å². The summed E-state index contributed by atoms with van der Waals surface area (Å²) in [5.74, 6) is -1.75. The van der Waals surface area contributed by atoms with Crippen LogP contribution in [0.3, 0.4) is 0 Å². The molecule has 0 aliphatic carbocycles. The second kappa shape index (κ2) is 4.98. The molecule has 0 spiro atoms. The molecule has 0 aliphatic heterocycles. The van der Waals surface area contributed by atoms with Crippen molar-refractivity contribution in [3.63, 3.8) is 0 Å². The number of hydrogen-bond acceptors (Lipinski definition) is 4. The lowest BCUT2D eigenvalue weighted by molar-refractivity contribution is -0.141. The number of aromatic nitrogens is 2. The Kier molecular flexibility index (Phi) is 3.87. The van der Waals surface area contributed by atoms with E-state index >= 15 is 0 Å². The molecule has 8 heteroatoms. The third-order valence-electron chi connectivity index (χ3n) is 1.70. The van der Waals surface area contributed by atoms with Crippen molar-refractivity contribution in [2.45, 2.75) is 19.5 Å². The second-order valence-corrected chi connectivity index (χ2v) is 3.04. The topological polar surface area (TPSA) is 72.3 Å². The van der Waals surface area contributed by atoms with E-state index in [2.05, 4.69) is 14.7 Å². The number of carbonyl (C=O) groups is 1. The molecule has 1 N–H and O–H groups in total. The van der Waals surface area contributed by atoms with Crippen molar-refractivity contribution in [1.82, 2.24) is 9.97 Å². The van der Waals surface area contributed by atoms with E-state index in [-0.39, 0.29) is 12.2 Å². The van der Waals surface area contributed by atoms with Crippen molar-refractivity contribution in [1.29, 1.82) is 0 Å². The highest BCUT2D eigenvalue weighted by Gasteiger charge is 2.33. The predicted molar refractivity (Wildman–Crippen MR) is 49.5 cm³/mol. The van der Waals surface area contributed by atoms with Gasteiger partial charge in [0.15, 0.2) is 12.3 Å². The van der Waals surface area contributed by atoms with Crippen molar-refractivity contribution in [3.05, 3.63) is 17.6 Å². The number of rotatable bonds is 4. The molecule has 1 rings (SSSR count). The van der Waals surface area contributed by atoms with Crippen molar-refractivity contribution >= 4 is 5.97 Å². The molecule has 0 saturated heterocycles. The highest BCUT2D eigenvalue weighted by molar-refractivity contribution is 5.68. The van der Waals surface area contributed by atoms with Gasteiger partial charge in [0.1, 0.15) is 5.82 Å². The number of alkyl halides is 3. The first-order valence-electron chi connectivity index (χ1n) is 4.62. The summed E-state index contributed by atoms with van der Waals surface area (Å²) in [6.45, 7) is 0.827. The summed E-state index contributed by atoms with van der Waals surface area (Å²) in [5.41, 5.74) is -1.15. The molecular weight excluding hydrogens is 241 g/mol. The van der Waals surface area contributed by atoms with Gasteiger partial charge in [0.25, 0.3) is 0 Å². The molecule has 1 aromatic heterocycles. The highest BCUT2D eigenvalue weighted by Crippen LogP contribution is 2.29. The fourth-order valence-corrected chi connectivity index (χ4v) is 0.986. The van der Waals surface area contributed by atoms with Crippen LogP contribution in [-0.2, 0) is 17.4 Å². The molecule has 0 aromatic carbocycles. The van der Waals surface area contributed by atoms with Gasteiger partial charge in [0.05, 0.1) is 0 Å². The van der Waals surface area contributed by atoms with Gasteiger partial charge >= 0.3 is 12.1 Å². The summed E-state index contributed by atoms with van der Waals surface area (Å²) in [4.78, 5) is 17.1. The molecule has 5 nitrogen and oxygen atoms in total. The number of aryl methyl sites for hydroxylation is 1. The Morgan fingerprint density at radius 1 is 1.47 bits per heavy atom. The van der Waals surface area contributed by atoms with Crippen molar-refractivity contribution < 1.29 is 27.8 Å². The predicted octanol–water partition coefficient (Wildman–Crippen LogP) is 1.52. The zero-order valence-electron chi connectivity index (χ0n) is 8.78. The van der Waals surface area contributed by atoms with Gasteiger partial charge in [-0.3, -0.25) is 0 Å². The van der Waals surface area contributed by atoms with Gasteiger partial charge < -0.3 is 9.84 Å². The molecule has 0 radical (unpaired) electrons. The maximum Gasteiger partial charge on any atom is 0.433 e. The Labute approximate surface area is 94.3 Å². The maximum atomic E-state index is 12.4. The summed E-state index contributed by atoms with van der Waals surface area (Å²) in [6.07, 6.45) is -4.43. The molecule has 94 valence electrons. The standard InChI is InChI=1S/C9H9F3N2O3/c1-2-6-13-5(9(10,11)12)3-7(14-6)17-4-8(15)16/h3H,2,4H2,1H3,(H,15,16). The first-order valence-corrected chi connectivity index (χ1v) is 4.62. The van der Waals surface area contributed by atoms with E-state index in [9.17, 15) is 18.0 Å². The Bertz CT molecular complexity index is 420. The number of nitrogens with zero attached hydrogens (tertiary/aromatic N) is 2. The van der Waals surface area contributed by atoms with Crippen LogP contribution in [0.2, 0.25) is 0 Å². The van der Waals surface area contributed by atoms with Crippen LogP contribution in [-0.4, -0.2) is 27.7 Å². The average Bonchev–Trinajstić information content (AvgIpc) is 2.24. The van der Waals surface area contributed by atoms with E-state index in [1.807, 2.05) is 0 Å². The van der Waals surface area contributed by atoms with E-state index in [0.29, 0.717) is 6.07 Å². The molecule has 0 aliphatic rings. The average molecular weight is 250 g/mol. The lowest BCUT2D eigenvalue weighted by atomic mass is 10.3. The molecule has 0 bridgehead atoms.